The van der Waals surface area contributed by atoms with Crippen LogP contribution in [0.15, 0.2) is 53.6 Å². The maximum Gasteiger partial charge on any atom is 0.173 e. The number of nitriles is 1. The van der Waals surface area contributed by atoms with Gasteiger partial charge in [0.05, 0.1) is 11.3 Å². The molecule has 1 N–H and O–H groups in total. The number of nitrogens with zero attached hydrogens (tertiary/aromatic N) is 2. The van der Waals surface area contributed by atoms with Crippen molar-refractivity contribution >= 4 is 29.1 Å². The van der Waals surface area contributed by atoms with Gasteiger partial charge in [-0.25, -0.2) is 4.98 Å². The van der Waals surface area contributed by atoms with E-state index in [1.54, 1.807) is 36.4 Å². The number of aromatic hydroxyl groups is 1. The number of aromatic nitrogens is 1. The van der Waals surface area contributed by atoms with Crippen LogP contribution in [-0.4, -0.2) is 21.6 Å². The Morgan fingerprint density at radius 1 is 1.14 bits per heavy atom. The summed E-state index contributed by atoms with van der Waals surface area (Å²) < 4.78 is 0. The van der Waals surface area contributed by atoms with Gasteiger partial charge in [0.2, 0.25) is 0 Å². The zero-order chi connectivity index (χ0) is 20.4. The van der Waals surface area contributed by atoms with Gasteiger partial charge < -0.3 is 5.11 Å². The Balaban J connectivity index is 1.69. The summed E-state index contributed by atoms with van der Waals surface area (Å²) in [6.07, 6.45) is 2.74. The Morgan fingerprint density at radius 3 is 2.55 bits per heavy atom. The van der Waals surface area contributed by atoms with Crippen LogP contribution in [0.3, 0.4) is 0 Å². The predicted molar refractivity (Wildman–Crippen MR) is 115 cm³/mol. The highest BCUT2D eigenvalue weighted by molar-refractivity contribution is 8.00. The van der Waals surface area contributed by atoms with Crippen LogP contribution in [0.25, 0.3) is 11.1 Å². The second-order valence-electron chi connectivity index (χ2n) is 6.82. The highest BCUT2D eigenvalue weighted by atomic mass is 35.5. The summed E-state index contributed by atoms with van der Waals surface area (Å²) in [4.78, 5) is 17.3. The number of halogens is 1. The number of thioether (sulfide) groups is 1. The van der Waals surface area contributed by atoms with Crippen LogP contribution >= 0.6 is 23.4 Å². The monoisotopic (exact) mass is 420 g/mol. The van der Waals surface area contributed by atoms with E-state index in [9.17, 15) is 15.2 Å². The summed E-state index contributed by atoms with van der Waals surface area (Å²) in [6, 6.07) is 16.0. The smallest absolute Gasteiger partial charge is 0.173 e. The van der Waals surface area contributed by atoms with Crippen molar-refractivity contribution in [1.29, 1.82) is 5.26 Å². The van der Waals surface area contributed by atoms with E-state index in [1.165, 1.54) is 11.8 Å². The number of hydrogen-bond donors (Lipinski definition) is 1. The highest BCUT2D eigenvalue weighted by Crippen LogP contribution is 2.39. The Bertz CT molecular complexity index is 1120. The molecule has 1 heterocycles. The van der Waals surface area contributed by atoms with E-state index in [-0.39, 0.29) is 17.3 Å². The minimum atomic E-state index is -0.0379. The molecule has 6 heteroatoms. The molecule has 0 bridgehead atoms. The predicted octanol–water partition coefficient (Wildman–Crippen LogP) is 5.44. The van der Waals surface area contributed by atoms with Crippen molar-refractivity contribution in [3.05, 3.63) is 75.9 Å². The fraction of sp³-hybridized carbons (Fsp3) is 0.174. The molecule has 4 nitrogen and oxygen atoms in total. The molecule has 0 amide bonds. The summed E-state index contributed by atoms with van der Waals surface area (Å²) in [5.41, 5.74) is 4.92. The lowest BCUT2D eigenvalue weighted by atomic mass is 9.95. The van der Waals surface area contributed by atoms with Crippen LogP contribution in [0.4, 0.5) is 0 Å². The van der Waals surface area contributed by atoms with Crippen molar-refractivity contribution in [1.82, 2.24) is 4.98 Å². The molecule has 2 aromatic carbocycles. The lowest BCUT2D eigenvalue weighted by Gasteiger charge is -2.14. The van der Waals surface area contributed by atoms with Gasteiger partial charge in [-0.3, -0.25) is 4.79 Å². The zero-order valence-corrected chi connectivity index (χ0v) is 17.1. The third kappa shape index (κ3) is 4.00. The average Bonchev–Trinajstić information content (AvgIpc) is 3.20. The first-order valence-corrected chi connectivity index (χ1v) is 10.6. The number of fused-ring (bicyclic) bond motifs is 1. The molecule has 0 saturated carbocycles. The van der Waals surface area contributed by atoms with Crippen molar-refractivity contribution in [3.8, 4) is 22.9 Å². The molecular formula is C23H17ClN2O2S. The van der Waals surface area contributed by atoms with Crippen molar-refractivity contribution in [3.63, 3.8) is 0 Å². The second kappa shape index (κ2) is 8.28. The maximum absolute atomic E-state index is 12.6. The fourth-order valence-electron chi connectivity index (χ4n) is 3.56. The van der Waals surface area contributed by atoms with Gasteiger partial charge >= 0.3 is 0 Å². The zero-order valence-electron chi connectivity index (χ0n) is 15.5. The first-order valence-electron chi connectivity index (χ1n) is 9.23. The Morgan fingerprint density at radius 2 is 1.86 bits per heavy atom. The fourth-order valence-corrected chi connectivity index (χ4v) is 4.59. The van der Waals surface area contributed by atoms with Gasteiger partial charge in [0.25, 0.3) is 0 Å². The summed E-state index contributed by atoms with van der Waals surface area (Å²) in [6.45, 7) is 0. The van der Waals surface area contributed by atoms with Crippen LogP contribution in [0.2, 0.25) is 5.02 Å². The number of rotatable bonds is 5. The molecule has 0 unspecified atom stereocenters. The van der Waals surface area contributed by atoms with Gasteiger partial charge in [-0.15, -0.1) is 0 Å². The van der Waals surface area contributed by atoms with Crippen LogP contribution in [0, 0.1) is 11.3 Å². The highest BCUT2D eigenvalue weighted by Gasteiger charge is 2.24. The van der Waals surface area contributed by atoms with Crippen molar-refractivity contribution in [2.75, 3.05) is 5.75 Å². The maximum atomic E-state index is 12.6. The largest absolute Gasteiger partial charge is 0.508 e. The van der Waals surface area contributed by atoms with Crippen LogP contribution in [-0.2, 0) is 12.8 Å². The molecule has 1 aliphatic carbocycles. The standard InChI is InChI=1S/C23H17ClN2O2S/c24-16-8-4-14(5-9-16)21(28)13-29-23-19(12-25)22(15-6-10-17(27)11-7-15)18-2-1-3-20(18)26-23/h4-11,27H,1-3,13H2. The third-order valence-corrected chi connectivity index (χ3v) is 6.19. The van der Waals surface area contributed by atoms with Crippen molar-refractivity contribution in [2.24, 2.45) is 0 Å². The number of carbonyl (C=O) groups excluding carboxylic acids is 1. The number of aryl methyl sites for hydroxylation is 1. The second-order valence-corrected chi connectivity index (χ2v) is 8.22. The number of hydrogen-bond acceptors (Lipinski definition) is 5. The summed E-state index contributed by atoms with van der Waals surface area (Å²) in [5, 5.41) is 20.7. The topological polar surface area (TPSA) is 74.0 Å². The van der Waals surface area contributed by atoms with E-state index in [2.05, 4.69) is 6.07 Å². The minimum Gasteiger partial charge on any atom is -0.508 e. The number of carbonyl (C=O) groups is 1. The first kappa shape index (κ1) is 19.5. The summed E-state index contributed by atoms with van der Waals surface area (Å²) >= 11 is 7.18. The molecule has 1 aliphatic rings. The summed E-state index contributed by atoms with van der Waals surface area (Å²) in [5.74, 6) is 0.335. The van der Waals surface area contributed by atoms with Crippen LogP contribution in [0.1, 0.15) is 33.6 Å². The Kier molecular flexibility index (Phi) is 5.57. The Labute approximate surface area is 178 Å². The SMILES string of the molecule is N#Cc1c(SCC(=O)c2ccc(Cl)cc2)nc2c(c1-c1ccc(O)cc1)CCC2. The van der Waals surface area contributed by atoms with Gasteiger partial charge in [0, 0.05) is 21.8 Å². The number of Topliss-reactive ketones (excluding diaryl/α,β-unsaturated/α-hetero) is 1. The van der Waals surface area contributed by atoms with E-state index in [0.29, 0.717) is 21.2 Å². The van der Waals surface area contributed by atoms with E-state index in [1.807, 2.05) is 12.1 Å². The molecule has 3 aromatic rings. The quantitative estimate of drug-likeness (QED) is 0.439. The first-order chi connectivity index (χ1) is 14.1. The molecule has 0 atom stereocenters. The number of phenols is 1. The van der Waals surface area contributed by atoms with Gasteiger partial charge in [0.15, 0.2) is 5.78 Å². The minimum absolute atomic E-state index is 0.0379. The van der Waals surface area contributed by atoms with Crippen molar-refractivity contribution < 1.29 is 9.90 Å². The molecule has 0 aliphatic heterocycles. The molecule has 0 fully saturated rings. The molecule has 0 spiro atoms. The molecular weight excluding hydrogens is 404 g/mol. The Hall–Kier alpha value is -2.81. The van der Waals surface area contributed by atoms with Gasteiger partial charge in [-0.05, 0) is 66.8 Å². The van der Waals surface area contributed by atoms with E-state index < -0.39 is 0 Å². The number of ketones is 1. The molecule has 0 saturated heterocycles. The number of pyridine rings is 1. The number of phenolic OH excluding ortho intramolecular Hbond substituents is 1. The molecule has 4 rings (SSSR count). The van der Waals surface area contributed by atoms with Crippen molar-refractivity contribution in [2.45, 2.75) is 24.3 Å². The lowest BCUT2D eigenvalue weighted by molar-refractivity contribution is 0.102. The molecule has 1 aromatic heterocycles. The average molecular weight is 421 g/mol. The molecule has 29 heavy (non-hydrogen) atoms. The van der Waals surface area contributed by atoms with E-state index in [0.717, 1.165) is 41.6 Å². The van der Waals surface area contributed by atoms with E-state index in [4.69, 9.17) is 16.6 Å². The lowest BCUT2D eigenvalue weighted by Crippen LogP contribution is -2.05. The van der Waals surface area contributed by atoms with Crippen LogP contribution in [0.5, 0.6) is 5.75 Å². The summed E-state index contributed by atoms with van der Waals surface area (Å²) in [7, 11) is 0. The number of benzene rings is 2. The van der Waals surface area contributed by atoms with Gasteiger partial charge in [-0.2, -0.15) is 5.26 Å². The van der Waals surface area contributed by atoms with Gasteiger partial charge in [0.1, 0.15) is 16.8 Å². The van der Waals surface area contributed by atoms with Gasteiger partial charge in [-0.1, -0.05) is 35.5 Å². The normalized spacial score (nSPS) is 12.4. The third-order valence-electron chi connectivity index (χ3n) is 4.96. The molecule has 144 valence electrons. The van der Waals surface area contributed by atoms with Crippen LogP contribution < -0.4 is 0 Å². The van der Waals surface area contributed by atoms with E-state index >= 15 is 0 Å². The molecule has 0 radical (unpaired) electrons.